The number of benzene rings is 1. The molecule has 0 aliphatic carbocycles. The second-order valence-electron chi connectivity index (χ2n) is 5.09. The predicted octanol–water partition coefficient (Wildman–Crippen LogP) is 2.99. The summed E-state index contributed by atoms with van der Waals surface area (Å²) in [5.74, 6) is 0. The zero-order valence-corrected chi connectivity index (χ0v) is 11.5. The molecule has 2 heteroatoms. The van der Waals surface area contributed by atoms with E-state index >= 15 is 0 Å². The summed E-state index contributed by atoms with van der Waals surface area (Å²) < 4.78 is 0. The smallest absolute Gasteiger partial charge is 0.0473 e. The standard InChI is InChI=1S/C16H24N2/c1-3-4-8-11-18-13-14(2)17-12-16(18)15-9-6-5-7-10-15/h3-7,9-10,14,16-17H,8,11-13H2,1-2H3/b4-3+. The van der Waals surface area contributed by atoms with Gasteiger partial charge < -0.3 is 5.32 Å². The Kier molecular flexibility index (Phi) is 4.97. The van der Waals surface area contributed by atoms with E-state index in [1.54, 1.807) is 0 Å². The van der Waals surface area contributed by atoms with Gasteiger partial charge in [0.1, 0.15) is 0 Å². The first-order valence-electron chi connectivity index (χ1n) is 6.95. The summed E-state index contributed by atoms with van der Waals surface area (Å²) in [6, 6.07) is 12.0. The lowest BCUT2D eigenvalue weighted by Gasteiger charge is -2.39. The van der Waals surface area contributed by atoms with E-state index in [1.807, 2.05) is 0 Å². The first kappa shape index (κ1) is 13.3. The van der Waals surface area contributed by atoms with E-state index in [2.05, 4.69) is 66.5 Å². The Morgan fingerprint density at radius 3 is 2.83 bits per heavy atom. The van der Waals surface area contributed by atoms with Gasteiger partial charge in [0.2, 0.25) is 0 Å². The molecule has 2 atom stereocenters. The fraction of sp³-hybridized carbons (Fsp3) is 0.500. The maximum absolute atomic E-state index is 3.59. The van der Waals surface area contributed by atoms with Gasteiger partial charge in [-0.15, -0.1) is 0 Å². The monoisotopic (exact) mass is 244 g/mol. The van der Waals surface area contributed by atoms with E-state index in [0.29, 0.717) is 12.1 Å². The van der Waals surface area contributed by atoms with E-state index in [1.165, 1.54) is 5.56 Å². The van der Waals surface area contributed by atoms with E-state index in [9.17, 15) is 0 Å². The van der Waals surface area contributed by atoms with Gasteiger partial charge in [-0.1, -0.05) is 42.5 Å². The number of hydrogen-bond acceptors (Lipinski definition) is 2. The summed E-state index contributed by atoms with van der Waals surface area (Å²) in [4.78, 5) is 2.61. The van der Waals surface area contributed by atoms with Crippen LogP contribution in [0, 0.1) is 0 Å². The molecule has 1 heterocycles. The van der Waals surface area contributed by atoms with Crippen molar-refractivity contribution in [3.63, 3.8) is 0 Å². The highest BCUT2D eigenvalue weighted by atomic mass is 15.2. The average molecular weight is 244 g/mol. The van der Waals surface area contributed by atoms with Gasteiger partial charge >= 0.3 is 0 Å². The summed E-state index contributed by atoms with van der Waals surface area (Å²) in [6.07, 6.45) is 5.55. The molecule has 0 bridgehead atoms. The summed E-state index contributed by atoms with van der Waals surface area (Å²) >= 11 is 0. The van der Waals surface area contributed by atoms with Gasteiger partial charge in [-0.05, 0) is 25.8 Å². The molecule has 0 spiro atoms. The molecule has 1 aromatic carbocycles. The van der Waals surface area contributed by atoms with Crippen LogP contribution >= 0.6 is 0 Å². The highest BCUT2D eigenvalue weighted by Gasteiger charge is 2.25. The fourth-order valence-corrected chi connectivity index (χ4v) is 2.64. The minimum atomic E-state index is 0.521. The quantitative estimate of drug-likeness (QED) is 0.819. The molecule has 18 heavy (non-hydrogen) atoms. The maximum atomic E-state index is 3.59. The molecule has 2 nitrogen and oxygen atoms in total. The lowest BCUT2D eigenvalue weighted by Crippen LogP contribution is -2.51. The van der Waals surface area contributed by atoms with Crippen LogP contribution in [0.1, 0.15) is 31.9 Å². The molecule has 1 aromatic rings. The lowest BCUT2D eigenvalue weighted by atomic mass is 10.0. The van der Waals surface area contributed by atoms with Crippen molar-refractivity contribution >= 4 is 0 Å². The molecular weight excluding hydrogens is 220 g/mol. The highest BCUT2D eigenvalue weighted by molar-refractivity contribution is 5.20. The van der Waals surface area contributed by atoms with Crippen molar-refractivity contribution in [1.29, 1.82) is 0 Å². The third kappa shape index (κ3) is 3.44. The minimum Gasteiger partial charge on any atom is -0.311 e. The van der Waals surface area contributed by atoms with Gasteiger partial charge in [0.05, 0.1) is 0 Å². The van der Waals surface area contributed by atoms with Gasteiger partial charge in [0.25, 0.3) is 0 Å². The molecule has 1 N–H and O–H groups in total. The van der Waals surface area contributed by atoms with Crippen LogP contribution in [0.3, 0.4) is 0 Å². The van der Waals surface area contributed by atoms with Gasteiger partial charge in [-0.2, -0.15) is 0 Å². The van der Waals surface area contributed by atoms with Crippen LogP contribution in [0.4, 0.5) is 0 Å². The van der Waals surface area contributed by atoms with Crippen LogP contribution in [0.2, 0.25) is 0 Å². The Bertz CT molecular complexity index is 372. The van der Waals surface area contributed by atoms with Gasteiger partial charge in [-0.3, -0.25) is 4.90 Å². The summed E-state index contributed by atoms with van der Waals surface area (Å²) in [5, 5.41) is 3.59. The molecular formula is C16H24N2. The van der Waals surface area contributed by atoms with Crippen molar-refractivity contribution in [1.82, 2.24) is 10.2 Å². The van der Waals surface area contributed by atoms with Crippen LogP contribution in [-0.2, 0) is 0 Å². The molecule has 2 unspecified atom stereocenters. The minimum absolute atomic E-state index is 0.521. The Labute approximate surface area is 111 Å². The van der Waals surface area contributed by atoms with E-state index in [0.717, 1.165) is 26.1 Å². The molecule has 0 saturated carbocycles. The number of piperazine rings is 1. The third-order valence-corrected chi connectivity index (χ3v) is 3.61. The second-order valence-corrected chi connectivity index (χ2v) is 5.09. The molecule has 98 valence electrons. The van der Waals surface area contributed by atoms with E-state index in [4.69, 9.17) is 0 Å². The fourth-order valence-electron chi connectivity index (χ4n) is 2.64. The lowest BCUT2D eigenvalue weighted by molar-refractivity contribution is 0.138. The summed E-state index contributed by atoms with van der Waals surface area (Å²) in [6.45, 7) is 7.70. The summed E-state index contributed by atoms with van der Waals surface area (Å²) in [5.41, 5.74) is 1.43. The zero-order chi connectivity index (χ0) is 12.8. The zero-order valence-electron chi connectivity index (χ0n) is 11.5. The Morgan fingerprint density at radius 1 is 1.33 bits per heavy atom. The topological polar surface area (TPSA) is 15.3 Å². The third-order valence-electron chi connectivity index (χ3n) is 3.61. The first-order chi connectivity index (χ1) is 8.81. The number of nitrogens with zero attached hydrogens (tertiary/aromatic N) is 1. The van der Waals surface area contributed by atoms with Crippen molar-refractivity contribution in [3.8, 4) is 0 Å². The van der Waals surface area contributed by atoms with Crippen molar-refractivity contribution < 1.29 is 0 Å². The van der Waals surface area contributed by atoms with Crippen molar-refractivity contribution in [2.75, 3.05) is 19.6 Å². The molecule has 1 saturated heterocycles. The van der Waals surface area contributed by atoms with Crippen molar-refractivity contribution in [2.24, 2.45) is 0 Å². The second kappa shape index (κ2) is 6.72. The van der Waals surface area contributed by atoms with E-state index in [-0.39, 0.29) is 0 Å². The highest BCUT2D eigenvalue weighted by Crippen LogP contribution is 2.23. The van der Waals surface area contributed by atoms with Gasteiger partial charge in [-0.25, -0.2) is 0 Å². The average Bonchev–Trinajstić information content (AvgIpc) is 2.40. The van der Waals surface area contributed by atoms with Gasteiger partial charge in [0.15, 0.2) is 0 Å². The Morgan fingerprint density at radius 2 is 2.11 bits per heavy atom. The van der Waals surface area contributed by atoms with Crippen molar-refractivity contribution in [3.05, 3.63) is 48.0 Å². The van der Waals surface area contributed by atoms with Crippen LogP contribution in [0.15, 0.2) is 42.5 Å². The van der Waals surface area contributed by atoms with Crippen molar-refractivity contribution in [2.45, 2.75) is 32.4 Å². The summed E-state index contributed by atoms with van der Waals surface area (Å²) in [7, 11) is 0. The van der Waals surface area contributed by atoms with Crippen LogP contribution in [-0.4, -0.2) is 30.6 Å². The number of rotatable bonds is 4. The molecule has 1 fully saturated rings. The molecule has 0 aromatic heterocycles. The largest absolute Gasteiger partial charge is 0.311 e. The number of hydrogen-bond donors (Lipinski definition) is 1. The normalized spacial score (nSPS) is 25.7. The molecule has 0 amide bonds. The van der Waals surface area contributed by atoms with Gasteiger partial charge in [0, 0.05) is 31.7 Å². The number of nitrogens with one attached hydrogen (secondary N) is 1. The molecule has 1 aliphatic heterocycles. The molecule has 1 aliphatic rings. The van der Waals surface area contributed by atoms with E-state index < -0.39 is 0 Å². The molecule has 2 rings (SSSR count). The predicted molar refractivity (Wildman–Crippen MR) is 77.7 cm³/mol. The SMILES string of the molecule is C/C=C/CCN1CC(C)NCC1c1ccccc1. The van der Waals surface area contributed by atoms with Crippen LogP contribution < -0.4 is 5.32 Å². The van der Waals surface area contributed by atoms with Crippen LogP contribution in [0.5, 0.6) is 0 Å². The Hall–Kier alpha value is -1.12. The molecule has 0 radical (unpaired) electrons. The maximum Gasteiger partial charge on any atom is 0.0473 e. The Balaban J connectivity index is 2.05. The number of allylic oxidation sites excluding steroid dienone is 1. The first-order valence-corrected chi connectivity index (χ1v) is 6.95. The van der Waals surface area contributed by atoms with Crippen LogP contribution in [0.25, 0.3) is 0 Å².